The zero-order valence-corrected chi connectivity index (χ0v) is 13.7. The second-order valence-electron chi connectivity index (χ2n) is 4.34. The maximum atomic E-state index is 12.2. The van der Waals surface area contributed by atoms with Crippen LogP contribution in [-0.4, -0.2) is 45.0 Å². The van der Waals surface area contributed by atoms with E-state index in [-0.39, 0.29) is 11.3 Å². The summed E-state index contributed by atoms with van der Waals surface area (Å²) in [5, 5.41) is 0. The molecule has 1 aromatic rings. The Bertz CT molecular complexity index is 604. The van der Waals surface area contributed by atoms with E-state index in [4.69, 9.17) is 10.5 Å². The number of carbonyl (C=O) groups excluding carboxylic acids is 2. The SMILES string of the molecule is CSCC[C@H](NS(=O)(=O)c1ccccc1)C(=O)OCC(N)=O. The number of nitrogens with two attached hydrogens (primary N) is 1. The molecule has 0 heterocycles. The predicted octanol–water partition coefficient (Wildman–Crippen LogP) is 0.115. The van der Waals surface area contributed by atoms with Gasteiger partial charge in [-0.05, 0) is 30.6 Å². The average molecular weight is 346 g/mol. The molecule has 0 spiro atoms. The van der Waals surface area contributed by atoms with Crippen molar-refractivity contribution in [3.8, 4) is 0 Å². The van der Waals surface area contributed by atoms with Gasteiger partial charge in [-0.1, -0.05) is 18.2 Å². The highest BCUT2D eigenvalue weighted by atomic mass is 32.2. The molecule has 22 heavy (non-hydrogen) atoms. The molecule has 1 aromatic carbocycles. The molecule has 0 radical (unpaired) electrons. The highest BCUT2D eigenvalue weighted by molar-refractivity contribution is 7.98. The molecule has 0 saturated carbocycles. The first-order valence-electron chi connectivity index (χ1n) is 6.38. The third-order valence-electron chi connectivity index (χ3n) is 2.60. The van der Waals surface area contributed by atoms with Crippen LogP contribution in [0.3, 0.4) is 0 Å². The molecule has 1 amide bonds. The summed E-state index contributed by atoms with van der Waals surface area (Å²) in [5.41, 5.74) is 4.90. The van der Waals surface area contributed by atoms with Crippen molar-refractivity contribution in [3.63, 3.8) is 0 Å². The summed E-state index contributed by atoms with van der Waals surface area (Å²) in [4.78, 5) is 22.6. The summed E-state index contributed by atoms with van der Waals surface area (Å²) in [7, 11) is -3.85. The Hall–Kier alpha value is -1.58. The standard InChI is InChI=1S/C13H18N2O5S2/c1-21-8-7-11(13(17)20-9-12(14)16)15-22(18,19)10-5-3-2-4-6-10/h2-6,11,15H,7-9H2,1H3,(H2,14,16)/t11-/m0/s1. The Labute approximate surface area is 133 Å². The number of benzene rings is 1. The minimum absolute atomic E-state index is 0.0480. The lowest BCUT2D eigenvalue weighted by Crippen LogP contribution is -2.43. The van der Waals surface area contributed by atoms with Gasteiger partial charge in [0.15, 0.2) is 6.61 Å². The largest absolute Gasteiger partial charge is 0.454 e. The Balaban J connectivity index is 2.84. The van der Waals surface area contributed by atoms with E-state index in [0.717, 1.165) is 0 Å². The lowest BCUT2D eigenvalue weighted by atomic mass is 10.2. The average Bonchev–Trinajstić information content (AvgIpc) is 2.49. The Morgan fingerprint density at radius 1 is 1.32 bits per heavy atom. The van der Waals surface area contributed by atoms with Gasteiger partial charge in [0.25, 0.3) is 5.91 Å². The van der Waals surface area contributed by atoms with E-state index in [1.807, 2.05) is 6.26 Å². The van der Waals surface area contributed by atoms with Crippen molar-refractivity contribution in [2.24, 2.45) is 5.73 Å². The van der Waals surface area contributed by atoms with Gasteiger partial charge in [-0.15, -0.1) is 0 Å². The molecule has 0 fully saturated rings. The van der Waals surface area contributed by atoms with E-state index in [9.17, 15) is 18.0 Å². The van der Waals surface area contributed by atoms with Crippen molar-refractivity contribution in [2.75, 3.05) is 18.6 Å². The molecule has 0 aliphatic carbocycles. The molecule has 0 aliphatic heterocycles. The number of esters is 1. The summed E-state index contributed by atoms with van der Waals surface area (Å²) in [5.74, 6) is -1.08. The van der Waals surface area contributed by atoms with E-state index >= 15 is 0 Å². The summed E-state index contributed by atoms with van der Waals surface area (Å²) in [6, 6.07) is 6.61. The quantitative estimate of drug-likeness (QED) is 0.613. The van der Waals surface area contributed by atoms with Crippen LogP contribution >= 0.6 is 11.8 Å². The van der Waals surface area contributed by atoms with Crippen molar-refractivity contribution >= 4 is 33.7 Å². The Morgan fingerprint density at radius 2 is 1.95 bits per heavy atom. The molecule has 0 bridgehead atoms. The molecule has 1 rings (SSSR count). The number of thioether (sulfide) groups is 1. The first kappa shape index (κ1) is 18.5. The minimum atomic E-state index is -3.85. The third kappa shape index (κ3) is 6.04. The third-order valence-corrected chi connectivity index (χ3v) is 4.73. The first-order valence-corrected chi connectivity index (χ1v) is 9.26. The van der Waals surface area contributed by atoms with Crippen molar-refractivity contribution in [2.45, 2.75) is 17.4 Å². The van der Waals surface area contributed by atoms with Gasteiger partial charge >= 0.3 is 5.97 Å². The highest BCUT2D eigenvalue weighted by Gasteiger charge is 2.26. The van der Waals surface area contributed by atoms with Crippen LogP contribution in [-0.2, 0) is 24.3 Å². The zero-order chi connectivity index (χ0) is 16.6. The fourth-order valence-electron chi connectivity index (χ4n) is 1.56. The van der Waals surface area contributed by atoms with E-state index in [2.05, 4.69) is 4.72 Å². The van der Waals surface area contributed by atoms with E-state index in [1.54, 1.807) is 18.2 Å². The van der Waals surface area contributed by atoms with Gasteiger partial charge in [0.05, 0.1) is 4.90 Å². The lowest BCUT2D eigenvalue weighted by molar-refractivity contribution is -0.149. The topological polar surface area (TPSA) is 116 Å². The number of primary amides is 1. The minimum Gasteiger partial charge on any atom is -0.454 e. The van der Waals surface area contributed by atoms with Crippen LogP contribution < -0.4 is 10.5 Å². The van der Waals surface area contributed by atoms with Crippen LogP contribution in [0.4, 0.5) is 0 Å². The van der Waals surface area contributed by atoms with E-state index in [0.29, 0.717) is 5.75 Å². The summed E-state index contributed by atoms with van der Waals surface area (Å²) in [6.07, 6.45) is 2.07. The Kier molecular flexibility index (Phi) is 7.36. The second kappa shape index (κ2) is 8.76. The fourth-order valence-corrected chi connectivity index (χ4v) is 3.27. The maximum Gasteiger partial charge on any atom is 0.324 e. The van der Waals surface area contributed by atoms with Gasteiger partial charge in [0.1, 0.15) is 6.04 Å². The monoisotopic (exact) mass is 346 g/mol. The number of ether oxygens (including phenoxy) is 1. The van der Waals surface area contributed by atoms with Gasteiger partial charge in [-0.3, -0.25) is 9.59 Å². The molecule has 3 N–H and O–H groups in total. The molecule has 0 saturated heterocycles. The Morgan fingerprint density at radius 3 is 2.50 bits per heavy atom. The van der Waals surface area contributed by atoms with Gasteiger partial charge < -0.3 is 10.5 Å². The van der Waals surface area contributed by atoms with Crippen molar-refractivity contribution in [1.29, 1.82) is 0 Å². The number of carbonyl (C=O) groups is 2. The first-order chi connectivity index (χ1) is 10.4. The van der Waals surface area contributed by atoms with Crippen LogP contribution in [0.2, 0.25) is 0 Å². The van der Waals surface area contributed by atoms with Crippen molar-refractivity contribution in [1.82, 2.24) is 4.72 Å². The number of amides is 1. The molecule has 1 atom stereocenters. The summed E-state index contributed by atoms with van der Waals surface area (Å²) >= 11 is 1.46. The fraction of sp³-hybridized carbons (Fsp3) is 0.385. The smallest absolute Gasteiger partial charge is 0.324 e. The molecule has 0 aliphatic rings. The van der Waals surface area contributed by atoms with Crippen molar-refractivity contribution in [3.05, 3.63) is 30.3 Å². The number of hydrogen-bond acceptors (Lipinski definition) is 6. The van der Waals surface area contributed by atoms with Crippen LogP contribution in [0.1, 0.15) is 6.42 Å². The zero-order valence-electron chi connectivity index (χ0n) is 12.0. The normalized spacial score (nSPS) is 12.6. The number of sulfonamides is 1. The number of rotatable bonds is 9. The molecule has 7 nitrogen and oxygen atoms in total. The summed E-state index contributed by atoms with van der Waals surface area (Å²) in [6.45, 7) is -0.582. The van der Waals surface area contributed by atoms with Crippen LogP contribution in [0, 0.1) is 0 Å². The predicted molar refractivity (Wildman–Crippen MR) is 83.7 cm³/mol. The second-order valence-corrected chi connectivity index (χ2v) is 7.04. The van der Waals surface area contributed by atoms with E-state index in [1.165, 1.54) is 23.9 Å². The van der Waals surface area contributed by atoms with Crippen LogP contribution in [0.5, 0.6) is 0 Å². The lowest BCUT2D eigenvalue weighted by Gasteiger charge is -2.17. The maximum absolute atomic E-state index is 12.2. The highest BCUT2D eigenvalue weighted by Crippen LogP contribution is 2.11. The number of hydrogen-bond donors (Lipinski definition) is 2. The van der Waals surface area contributed by atoms with Crippen LogP contribution in [0.15, 0.2) is 35.2 Å². The van der Waals surface area contributed by atoms with Gasteiger partial charge in [-0.25, -0.2) is 8.42 Å². The van der Waals surface area contributed by atoms with Crippen molar-refractivity contribution < 1.29 is 22.7 Å². The van der Waals surface area contributed by atoms with Gasteiger partial charge in [0, 0.05) is 0 Å². The van der Waals surface area contributed by atoms with E-state index < -0.39 is 34.5 Å². The van der Waals surface area contributed by atoms with Crippen LogP contribution in [0.25, 0.3) is 0 Å². The summed E-state index contributed by atoms with van der Waals surface area (Å²) < 4.78 is 31.5. The van der Waals surface area contributed by atoms with Gasteiger partial charge in [0.2, 0.25) is 10.0 Å². The molecule has 122 valence electrons. The molecule has 0 aromatic heterocycles. The number of nitrogens with one attached hydrogen (secondary N) is 1. The molecule has 9 heteroatoms. The molecule has 0 unspecified atom stereocenters. The molecular formula is C13H18N2O5S2. The van der Waals surface area contributed by atoms with Gasteiger partial charge in [-0.2, -0.15) is 16.5 Å². The molecular weight excluding hydrogens is 328 g/mol.